The van der Waals surface area contributed by atoms with Gasteiger partial charge in [-0.05, 0) is 69.6 Å². The van der Waals surface area contributed by atoms with Gasteiger partial charge in [-0.1, -0.05) is 0 Å². The lowest BCUT2D eigenvalue weighted by molar-refractivity contribution is -0.390. The van der Waals surface area contributed by atoms with Gasteiger partial charge in [0.15, 0.2) is 0 Å². The molecule has 0 aromatic carbocycles. The molecule has 1 aliphatic heterocycles. The lowest BCUT2D eigenvalue weighted by Gasteiger charge is -2.57. The zero-order chi connectivity index (χ0) is 15.7. The van der Waals surface area contributed by atoms with E-state index in [2.05, 4.69) is 0 Å². The molecule has 6 rings (SSSR count). The van der Waals surface area contributed by atoms with E-state index >= 15 is 0 Å². The molecular formula is C19H28O4. The number of hydrogen-bond donors (Lipinski definition) is 0. The lowest BCUT2D eigenvalue weighted by Crippen LogP contribution is -2.59. The van der Waals surface area contributed by atoms with Crippen molar-refractivity contribution in [2.45, 2.75) is 82.7 Å². The van der Waals surface area contributed by atoms with E-state index in [-0.39, 0.29) is 0 Å². The van der Waals surface area contributed by atoms with Crippen LogP contribution in [0.25, 0.3) is 0 Å². The highest BCUT2D eigenvalue weighted by atomic mass is 17.3. The molecule has 5 aliphatic carbocycles. The Kier molecular flexibility index (Phi) is 3.25. The minimum absolute atomic E-state index is 0.299. The van der Waals surface area contributed by atoms with Crippen molar-refractivity contribution in [1.29, 1.82) is 0 Å². The standard InChI is InChI=1S/C19H28O4/c1-12(20)6-13-2-4-18(5-3-13)21-19(23-22-18)16-8-14-7-15(10-16)11-17(19)9-14/h13-17H,2-11H2,1H3/t13-,14-,15+,16-,17+,18+,19-. The maximum atomic E-state index is 11.3. The monoisotopic (exact) mass is 320 g/mol. The van der Waals surface area contributed by atoms with Crippen LogP contribution in [0.5, 0.6) is 0 Å². The number of Topliss-reactive ketones (excluding diaryl/α,β-unsaturated/α-hetero) is 1. The van der Waals surface area contributed by atoms with E-state index < -0.39 is 11.6 Å². The SMILES string of the molecule is CC(=O)C[C@H]1CC[C@]2(CC1)OO[C@]1(O2)[C@@H]2C[C@H]3C[C@@H](C2)C[C@@H]1C3. The molecule has 5 saturated carbocycles. The Morgan fingerprint density at radius 2 is 1.57 bits per heavy atom. The summed E-state index contributed by atoms with van der Waals surface area (Å²) in [6, 6.07) is 0. The van der Waals surface area contributed by atoms with Crippen LogP contribution in [0.3, 0.4) is 0 Å². The van der Waals surface area contributed by atoms with Crippen LogP contribution in [-0.2, 0) is 19.3 Å². The van der Waals surface area contributed by atoms with E-state index in [9.17, 15) is 4.79 Å². The molecule has 23 heavy (non-hydrogen) atoms. The zero-order valence-corrected chi connectivity index (χ0v) is 14.1. The molecule has 0 aromatic rings. The maximum Gasteiger partial charge on any atom is 0.210 e. The smallest absolute Gasteiger partial charge is 0.210 e. The third-order valence-corrected chi connectivity index (χ3v) is 7.39. The molecule has 4 nitrogen and oxygen atoms in total. The van der Waals surface area contributed by atoms with Gasteiger partial charge in [0.25, 0.3) is 0 Å². The first kappa shape index (κ1) is 14.9. The van der Waals surface area contributed by atoms with Gasteiger partial charge in [0.05, 0.1) is 0 Å². The third kappa shape index (κ3) is 2.25. The largest absolute Gasteiger partial charge is 0.312 e. The van der Waals surface area contributed by atoms with Crippen molar-refractivity contribution in [3.05, 3.63) is 0 Å². The number of hydrogen-bond acceptors (Lipinski definition) is 4. The van der Waals surface area contributed by atoms with Crippen molar-refractivity contribution in [3.8, 4) is 0 Å². The van der Waals surface area contributed by atoms with E-state index in [4.69, 9.17) is 14.5 Å². The Hall–Kier alpha value is -0.450. The minimum atomic E-state index is -0.525. The van der Waals surface area contributed by atoms with Crippen LogP contribution in [0, 0.1) is 29.6 Å². The third-order valence-electron chi connectivity index (χ3n) is 7.39. The van der Waals surface area contributed by atoms with Crippen molar-refractivity contribution in [2.75, 3.05) is 0 Å². The van der Waals surface area contributed by atoms with Gasteiger partial charge in [0, 0.05) is 31.1 Å². The average molecular weight is 320 g/mol. The van der Waals surface area contributed by atoms with Gasteiger partial charge in [-0.15, -0.1) is 0 Å². The van der Waals surface area contributed by atoms with Crippen LogP contribution >= 0.6 is 0 Å². The fourth-order valence-electron chi connectivity index (χ4n) is 6.52. The Balaban J connectivity index is 1.31. The number of carbonyl (C=O) groups excluding carboxylic acids is 1. The van der Waals surface area contributed by atoms with Crippen LogP contribution in [-0.4, -0.2) is 17.4 Å². The Morgan fingerprint density at radius 3 is 2.13 bits per heavy atom. The molecule has 4 bridgehead atoms. The van der Waals surface area contributed by atoms with Crippen LogP contribution in [0.4, 0.5) is 0 Å². The first-order chi connectivity index (χ1) is 11.1. The van der Waals surface area contributed by atoms with Crippen LogP contribution < -0.4 is 0 Å². The molecule has 1 saturated heterocycles. The maximum absolute atomic E-state index is 11.3. The second kappa shape index (κ2) is 5.03. The van der Waals surface area contributed by atoms with Crippen molar-refractivity contribution in [2.24, 2.45) is 29.6 Å². The summed E-state index contributed by atoms with van der Waals surface area (Å²) >= 11 is 0. The average Bonchev–Trinajstić information content (AvgIpc) is 2.87. The summed E-state index contributed by atoms with van der Waals surface area (Å²) in [6.07, 6.45) is 11.0. The Labute approximate surface area is 138 Å². The predicted molar refractivity (Wildman–Crippen MR) is 83.0 cm³/mol. The van der Waals surface area contributed by atoms with Crippen LogP contribution in [0.2, 0.25) is 0 Å². The highest BCUT2D eigenvalue weighted by molar-refractivity contribution is 5.75. The van der Waals surface area contributed by atoms with Gasteiger partial charge in [0.2, 0.25) is 11.6 Å². The van der Waals surface area contributed by atoms with E-state index in [1.165, 1.54) is 32.1 Å². The molecule has 2 spiro atoms. The molecule has 0 atom stereocenters. The van der Waals surface area contributed by atoms with E-state index in [0.29, 0.717) is 30.0 Å². The van der Waals surface area contributed by atoms with Gasteiger partial charge >= 0.3 is 0 Å². The van der Waals surface area contributed by atoms with Crippen LogP contribution in [0.15, 0.2) is 0 Å². The van der Waals surface area contributed by atoms with Crippen LogP contribution in [0.1, 0.15) is 71.1 Å². The topological polar surface area (TPSA) is 44.8 Å². The second-order valence-corrected chi connectivity index (χ2v) is 9.05. The highest BCUT2D eigenvalue weighted by Gasteiger charge is 2.66. The molecule has 4 heteroatoms. The highest BCUT2D eigenvalue weighted by Crippen LogP contribution is 2.63. The van der Waals surface area contributed by atoms with Crippen molar-refractivity contribution < 1.29 is 19.3 Å². The van der Waals surface area contributed by atoms with Crippen molar-refractivity contribution in [1.82, 2.24) is 0 Å². The van der Waals surface area contributed by atoms with Gasteiger partial charge in [-0.25, -0.2) is 0 Å². The van der Waals surface area contributed by atoms with E-state index in [1.807, 2.05) is 0 Å². The summed E-state index contributed by atoms with van der Waals surface area (Å²) in [4.78, 5) is 23.3. The summed E-state index contributed by atoms with van der Waals surface area (Å²) in [5.41, 5.74) is 0. The number of rotatable bonds is 2. The number of ether oxygens (including phenoxy) is 1. The first-order valence-electron chi connectivity index (χ1n) is 9.63. The van der Waals surface area contributed by atoms with Gasteiger partial charge < -0.3 is 9.53 Å². The van der Waals surface area contributed by atoms with Crippen molar-refractivity contribution in [3.63, 3.8) is 0 Å². The zero-order valence-electron chi connectivity index (χ0n) is 14.1. The summed E-state index contributed by atoms with van der Waals surface area (Å²) < 4.78 is 6.68. The first-order valence-corrected chi connectivity index (χ1v) is 9.63. The summed E-state index contributed by atoms with van der Waals surface area (Å²) in [5.74, 6) is 2.70. The predicted octanol–water partition coefficient (Wildman–Crippen LogP) is 3.98. The summed E-state index contributed by atoms with van der Waals surface area (Å²) in [5, 5.41) is 0. The quantitative estimate of drug-likeness (QED) is 0.722. The molecule has 0 aromatic heterocycles. The Bertz CT molecular complexity index is 477. The molecule has 0 radical (unpaired) electrons. The molecule has 6 fully saturated rings. The fourth-order valence-corrected chi connectivity index (χ4v) is 6.52. The molecule has 0 unspecified atom stereocenters. The normalized spacial score (nSPS) is 54.2. The van der Waals surface area contributed by atoms with Gasteiger partial charge in [-0.2, -0.15) is 9.78 Å². The van der Waals surface area contributed by atoms with Gasteiger partial charge in [0.1, 0.15) is 5.78 Å². The molecule has 128 valence electrons. The van der Waals surface area contributed by atoms with E-state index in [0.717, 1.165) is 37.5 Å². The molecular weight excluding hydrogens is 292 g/mol. The lowest BCUT2D eigenvalue weighted by atomic mass is 9.53. The Morgan fingerprint density at radius 1 is 0.957 bits per heavy atom. The minimum Gasteiger partial charge on any atom is -0.312 e. The molecule has 1 heterocycles. The molecule has 6 aliphatic rings. The van der Waals surface area contributed by atoms with Crippen molar-refractivity contribution >= 4 is 5.78 Å². The molecule has 0 amide bonds. The second-order valence-electron chi connectivity index (χ2n) is 9.05. The summed E-state index contributed by atoms with van der Waals surface area (Å²) in [7, 11) is 0. The fraction of sp³-hybridized carbons (Fsp3) is 0.947. The number of carbonyl (C=O) groups is 1. The van der Waals surface area contributed by atoms with E-state index in [1.54, 1.807) is 6.92 Å². The summed E-state index contributed by atoms with van der Waals surface area (Å²) in [6.45, 7) is 1.69. The van der Waals surface area contributed by atoms with Gasteiger partial charge in [-0.3, -0.25) is 0 Å². The molecule has 0 N–H and O–H groups in total. The number of ketones is 1.